The van der Waals surface area contributed by atoms with Crippen molar-refractivity contribution in [2.24, 2.45) is 0 Å². The quantitative estimate of drug-likeness (QED) is 0.0896. The van der Waals surface area contributed by atoms with Gasteiger partial charge in [-0.1, -0.05) is 127 Å². The summed E-state index contributed by atoms with van der Waals surface area (Å²) in [4.78, 5) is 27.9. The molecule has 11 heteroatoms. The molecule has 58 heavy (non-hydrogen) atoms. The lowest BCUT2D eigenvalue weighted by atomic mass is 9.84. The highest BCUT2D eigenvalue weighted by Gasteiger charge is 2.37. The van der Waals surface area contributed by atoms with Crippen LogP contribution in [0.5, 0.6) is 0 Å². The Morgan fingerprint density at radius 1 is 0.845 bits per heavy atom. The SMILES string of the molecule is COC(=O)[C@H](Cc1ccccc1)NC(=O)NCc1ccccc1-c1ccc([C@H]2O[C@@H](CN3CCC(O)(c4ccc(Cl)cc4)CC3)C[C@@H](c3ccc(CO)cc3)O2)cc1. The number of urea groups is 1. The van der Waals surface area contributed by atoms with Crippen LogP contribution in [0.15, 0.2) is 127 Å². The Hall–Kier alpha value is -5.07. The van der Waals surface area contributed by atoms with E-state index in [1.165, 1.54) is 7.11 Å². The van der Waals surface area contributed by atoms with Crippen LogP contribution in [0.25, 0.3) is 11.1 Å². The second kappa shape index (κ2) is 19.1. The number of nitrogens with zero attached hydrogens (tertiary/aromatic N) is 1. The normalized spacial score (nSPS) is 19.8. The second-order valence-corrected chi connectivity index (χ2v) is 15.5. The molecule has 302 valence electrons. The molecular formula is C47H50ClN3O7. The van der Waals surface area contributed by atoms with Gasteiger partial charge in [0, 0.05) is 49.6 Å². The molecular weight excluding hydrogens is 754 g/mol. The van der Waals surface area contributed by atoms with Crippen LogP contribution >= 0.6 is 11.6 Å². The lowest BCUT2D eigenvalue weighted by Crippen LogP contribution is -2.47. The van der Waals surface area contributed by atoms with Gasteiger partial charge in [0.2, 0.25) is 0 Å². The first-order valence-corrected chi connectivity index (χ1v) is 20.1. The van der Waals surface area contributed by atoms with E-state index in [0.717, 1.165) is 57.6 Å². The number of carbonyl (C=O) groups excluding carboxylic acids is 2. The fraction of sp³-hybridized carbons (Fsp3) is 0.319. The van der Waals surface area contributed by atoms with Crippen LogP contribution in [0.3, 0.4) is 0 Å². The van der Waals surface area contributed by atoms with Gasteiger partial charge in [-0.05, 0) is 63.9 Å². The number of ether oxygens (including phenoxy) is 3. The highest BCUT2D eigenvalue weighted by Crippen LogP contribution is 2.40. The molecule has 2 aliphatic heterocycles. The van der Waals surface area contributed by atoms with Crippen LogP contribution in [0.2, 0.25) is 5.02 Å². The summed E-state index contributed by atoms with van der Waals surface area (Å²) in [5.74, 6) is -0.517. The van der Waals surface area contributed by atoms with Crippen molar-refractivity contribution < 1.29 is 34.0 Å². The van der Waals surface area contributed by atoms with Gasteiger partial charge in [-0.25, -0.2) is 9.59 Å². The fourth-order valence-corrected chi connectivity index (χ4v) is 7.95. The highest BCUT2D eigenvalue weighted by atomic mass is 35.5. The molecule has 4 N–H and O–H groups in total. The lowest BCUT2D eigenvalue weighted by molar-refractivity contribution is -0.253. The molecule has 5 aromatic rings. The third-order valence-corrected chi connectivity index (χ3v) is 11.4. The maximum Gasteiger partial charge on any atom is 0.328 e. The molecule has 0 aromatic heterocycles. The number of hydrogen-bond acceptors (Lipinski definition) is 8. The minimum absolute atomic E-state index is 0.0269. The molecule has 10 nitrogen and oxygen atoms in total. The largest absolute Gasteiger partial charge is 0.467 e. The van der Waals surface area contributed by atoms with E-state index in [1.54, 1.807) is 0 Å². The maximum absolute atomic E-state index is 13.0. The standard InChI is InChI=1S/C47H50ClN3O7/c1-56-44(53)42(27-32-7-3-2-4-8-32)50-46(54)49-29-37-9-5-6-10-41(37)34-15-17-36(18-16-34)45-57-40(28-43(58-45)35-13-11-33(31-52)12-14-35)30-51-25-23-47(55,24-26-51)38-19-21-39(48)22-20-38/h2-22,40,42-43,45,52,55H,23-31H2,1H3,(H2,49,50,54)/t40-,42+,43+,45+/m1/s1. The average molecular weight is 804 g/mol. The number of benzene rings is 5. The van der Waals surface area contributed by atoms with E-state index in [-0.39, 0.29) is 25.4 Å². The van der Waals surface area contributed by atoms with Gasteiger partial charge in [-0.3, -0.25) is 0 Å². The minimum atomic E-state index is -0.893. The van der Waals surface area contributed by atoms with E-state index >= 15 is 0 Å². The highest BCUT2D eigenvalue weighted by molar-refractivity contribution is 6.30. The van der Waals surface area contributed by atoms with Gasteiger partial charge in [0.25, 0.3) is 0 Å². The number of rotatable bonds is 13. The van der Waals surface area contributed by atoms with Crippen molar-refractivity contribution in [2.45, 2.75) is 69.0 Å². The van der Waals surface area contributed by atoms with E-state index < -0.39 is 29.9 Å². The van der Waals surface area contributed by atoms with E-state index in [2.05, 4.69) is 15.5 Å². The van der Waals surface area contributed by atoms with Crippen molar-refractivity contribution in [3.63, 3.8) is 0 Å². The summed E-state index contributed by atoms with van der Waals surface area (Å²) < 4.78 is 18.3. The van der Waals surface area contributed by atoms with Crippen LogP contribution in [-0.2, 0) is 44.2 Å². The molecule has 2 amide bonds. The Kier molecular flexibility index (Phi) is 13.6. The van der Waals surface area contributed by atoms with Gasteiger partial charge >= 0.3 is 12.0 Å². The van der Waals surface area contributed by atoms with Crippen LogP contribution < -0.4 is 10.6 Å². The van der Waals surface area contributed by atoms with E-state index in [0.29, 0.717) is 37.3 Å². The number of methoxy groups -OCH3 is 1. The molecule has 4 atom stereocenters. The number of aliphatic hydroxyl groups is 2. The van der Waals surface area contributed by atoms with Gasteiger partial charge in [0.15, 0.2) is 6.29 Å². The topological polar surface area (TPSA) is 130 Å². The number of nitrogens with one attached hydrogen (secondary N) is 2. The molecule has 0 spiro atoms. The number of carbonyl (C=O) groups is 2. The zero-order valence-corrected chi connectivity index (χ0v) is 33.3. The number of hydrogen-bond donors (Lipinski definition) is 4. The molecule has 2 aliphatic rings. The average Bonchev–Trinajstić information content (AvgIpc) is 3.26. The van der Waals surface area contributed by atoms with Crippen LogP contribution in [-0.4, -0.2) is 66.0 Å². The molecule has 0 unspecified atom stereocenters. The zero-order chi connectivity index (χ0) is 40.5. The molecule has 0 aliphatic carbocycles. The zero-order valence-electron chi connectivity index (χ0n) is 32.6. The Labute approximate surface area is 344 Å². The number of likely N-dealkylation sites (tertiary alicyclic amines) is 1. The summed E-state index contributed by atoms with van der Waals surface area (Å²) in [5.41, 5.74) is 6.46. The van der Waals surface area contributed by atoms with Crippen LogP contribution in [0.4, 0.5) is 4.79 Å². The van der Waals surface area contributed by atoms with E-state index in [1.807, 2.05) is 127 Å². The lowest BCUT2D eigenvalue weighted by Gasteiger charge is -2.42. The van der Waals surface area contributed by atoms with Gasteiger partial charge < -0.3 is 40.0 Å². The Morgan fingerprint density at radius 3 is 2.21 bits per heavy atom. The summed E-state index contributed by atoms with van der Waals surface area (Å²) in [6, 6.07) is 39.5. The van der Waals surface area contributed by atoms with E-state index in [4.69, 9.17) is 25.8 Å². The Morgan fingerprint density at radius 2 is 1.52 bits per heavy atom. The van der Waals surface area contributed by atoms with Crippen molar-refractivity contribution in [1.29, 1.82) is 0 Å². The number of piperidine rings is 1. The van der Waals surface area contributed by atoms with E-state index in [9.17, 15) is 19.8 Å². The molecule has 2 heterocycles. The molecule has 2 fully saturated rings. The third-order valence-electron chi connectivity index (χ3n) is 11.2. The fourth-order valence-electron chi connectivity index (χ4n) is 7.82. The Bertz CT molecular complexity index is 2110. The van der Waals surface area contributed by atoms with Crippen molar-refractivity contribution in [1.82, 2.24) is 15.5 Å². The first-order valence-electron chi connectivity index (χ1n) is 19.8. The van der Waals surface area contributed by atoms with Gasteiger partial charge in [0.1, 0.15) is 6.04 Å². The molecule has 7 rings (SSSR count). The number of amides is 2. The van der Waals surface area contributed by atoms with Crippen molar-refractivity contribution >= 4 is 23.6 Å². The van der Waals surface area contributed by atoms with Crippen molar-refractivity contribution in [3.05, 3.63) is 166 Å². The van der Waals surface area contributed by atoms with Gasteiger partial charge in [-0.2, -0.15) is 0 Å². The van der Waals surface area contributed by atoms with Crippen LogP contribution in [0, 0.1) is 0 Å². The number of esters is 1. The number of halogens is 1. The van der Waals surface area contributed by atoms with Crippen LogP contribution in [0.1, 0.15) is 65.0 Å². The van der Waals surface area contributed by atoms with Gasteiger partial charge in [0.05, 0.1) is 31.5 Å². The second-order valence-electron chi connectivity index (χ2n) is 15.1. The molecule has 0 radical (unpaired) electrons. The summed E-state index contributed by atoms with van der Waals surface area (Å²) >= 11 is 6.11. The predicted octanol–water partition coefficient (Wildman–Crippen LogP) is 7.61. The number of aliphatic hydroxyl groups excluding tert-OH is 1. The summed E-state index contributed by atoms with van der Waals surface area (Å²) in [5, 5.41) is 27.5. The monoisotopic (exact) mass is 803 g/mol. The molecule has 0 bridgehead atoms. The summed E-state index contributed by atoms with van der Waals surface area (Å²) in [6.07, 6.45) is 1.21. The summed E-state index contributed by atoms with van der Waals surface area (Å²) in [7, 11) is 1.31. The third kappa shape index (κ3) is 10.3. The summed E-state index contributed by atoms with van der Waals surface area (Å²) in [6.45, 7) is 2.36. The molecule has 0 saturated carbocycles. The van der Waals surface area contributed by atoms with Crippen molar-refractivity contribution in [2.75, 3.05) is 26.7 Å². The minimum Gasteiger partial charge on any atom is -0.467 e. The molecule has 5 aromatic carbocycles. The Balaban J connectivity index is 1.02. The van der Waals surface area contributed by atoms with Crippen molar-refractivity contribution in [3.8, 4) is 11.1 Å². The first kappa shape index (κ1) is 41.1. The predicted molar refractivity (Wildman–Crippen MR) is 223 cm³/mol. The smallest absolute Gasteiger partial charge is 0.328 e. The first-order chi connectivity index (χ1) is 28.2. The molecule has 2 saturated heterocycles. The maximum atomic E-state index is 13.0. The van der Waals surface area contributed by atoms with Gasteiger partial charge in [-0.15, -0.1) is 0 Å².